The van der Waals surface area contributed by atoms with Crippen molar-refractivity contribution >= 4 is 16.9 Å². The smallest absolute Gasteiger partial charge is 0.224 e. The molecule has 1 fully saturated rings. The molecule has 0 saturated carbocycles. The number of likely N-dealkylation sites (tertiary alicyclic amines) is 1. The van der Waals surface area contributed by atoms with Crippen LogP contribution in [0.2, 0.25) is 0 Å². The molecule has 1 aliphatic heterocycles. The van der Waals surface area contributed by atoms with E-state index in [2.05, 4.69) is 22.3 Å². The molecule has 0 bridgehead atoms. The Hall–Kier alpha value is -2.99. The number of ether oxygens (including phenoxy) is 2. The summed E-state index contributed by atoms with van der Waals surface area (Å²) in [5.41, 5.74) is 2.77. The normalized spacial score (nSPS) is 15.3. The molecule has 1 aliphatic rings. The second-order valence-electron chi connectivity index (χ2n) is 7.64. The maximum absolute atomic E-state index is 12.7. The zero-order valence-electron chi connectivity index (χ0n) is 17.5. The average Bonchev–Trinajstić information content (AvgIpc) is 3.44. The van der Waals surface area contributed by atoms with Crippen molar-refractivity contribution in [1.82, 2.24) is 10.2 Å². The zero-order chi connectivity index (χ0) is 20.9. The second-order valence-corrected chi connectivity index (χ2v) is 7.64. The summed E-state index contributed by atoms with van der Waals surface area (Å²) in [5, 5.41) is 4.07. The van der Waals surface area contributed by atoms with Gasteiger partial charge in [-0.15, -0.1) is 0 Å². The van der Waals surface area contributed by atoms with Crippen LogP contribution in [0.25, 0.3) is 11.0 Å². The summed E-state index contributed by atoms with van der Waals surface area (Å²) in [6, 6.07) is 13.9. The first kappa shape index (κ1) is 20.3. The molecule has 0 spiro atoms. The Balaban J connectivity index is 1.45. The van der Waals surface area contributed by atoms with Gasteiger partial charge < -0.3 is 19.2 Å². The van der Waals surface area contributed by atoms with E-state index in [0.29, 0.717) is 6.54 Å². The van der Waals surface area contributed by atoms with Gasteiger partial charge in [0.05, 0.1) is 32.9 Å². The fourth-order valence-corrected chi connectivity index (χ4v) is 4.13. The summed E-state index contributed by atoms with van der Waals surface area (Å²) in [4.78, 5) is 15.2. The highest BCUT2D eigenvalue weighted by Gasteiger charge is 2.24. The van der Waals surface area contributed by atoms with Crippen molar-refractivity contribution in [3.05, 3.63) is 59.9 Å². The van der Waals surface area contributed by atoms with Crippen LogP contribution >= 0.6 is 0 Å². The number of hydrogen-bond donors (Lipinski definition) is 1. The number of benzene rings is 2. The standard InChI is InChI=1S/C24H28N2O4/c1-28-19-7-5-6-17(12-19)22(26-10-3-4-11-26)15-25-24(27)13-18-16-30-23-14-20(29-2)8-9-21(18)23/h5-9,12,14,16,22H,3-4,10-11,13,15H2,1-2H3,(H,25,27)/t22-/m0/s1. The summed E-state index contributed by atoms with van der Waals surface area (Å²) in [5.74, 6) is 1.56. The number of nitrogens with one attached hydrogen (secondary N) is 1. The lowest BCUT2D eigenvalue weighted by molar-refractivity contribution is -0.120. The highest BCUT2D eigenvalue weighted by atomic mass is 16.5. The SMILES string of the molecule is COc1cccc([C@H](CNC(=O)Cc2coc3cc(OC)ccc23)N2CCCC2)c1. The van der Waals surface area contributed by atoms with Gasteiger partial charge >= 0.3 is 0 Å². The molecule has 0 aliphatic carbocycles. The minimum absolute atomic E-state index is 0.0133. The highest BCUT2D eigenvalue weighted by molar-refractivity contribution is 5.88. The molecule has 2 heterocycles. The third-order valence-corrected chi connectivity index (χ3v) is 5.77. The van der Waals surface area contributed by atoms with E-state index in [9.17, 15) is 4.79 Å². The fraction of sp³-hybridized carbons (Fsp3) is 0.375. The number of methoxy groups -OCH3 is 2. The van der Waals surface area contributed by atoms with Gasteiger partial charge in [-0.2, -0.15) is 0 Å². The Morgan fingerprint density at radius 1 is 1.10 bits per heavy atom. The predicted octanol–water partition coefficient (Wildman–Crippen LogP) is 3.95. The number of hydrogen-bond acceptors (Lipinski definition) is 5. The van der Waals surface area contributed by atoms with E-state index in [4.69, 9.17) is 13.9 Å². The van der Waals surface area contributed by atoms with Crippen molar-refractivity contribution in [2.24, 2.45) is 0 Å². The largest absolute Gasteiger partial charge is 0.497 e. The fourth-order valence-electron chi connectivity index (χ4n) is 4.13. The van der Waals surface area contributed by atoms with Crippen molar-refractivity contribution in [2.45, 2.75) is 25.3 Å². The van der Waals surface area contributed by atoms with Crippen molar-refractivity contribution < 1.29 is 18.7 Å². The van der Waals surface area contributed by atoms with Crippen LogP contribution in [0.3, 0.4) is 0 Å². The van der Waals surface area contributed by atoms with Crippen LogP contribution in [0.15, 0.2) is 53.1 Å². The van der Waals surface area contributed by atoms with E-state index >= 15 is 0 Å². The van der Waals surface area contributed by atoms with E-state index in [0.717, 1.165) is 46.7 Å². The van der Waals surface area contributed by atoms with Gasteiger partial charge in [0.2, 0.25) is 5.91 Å². The van der Waals surface area contributed by atoms with Crippen molar-refractivity contribution in [2.75, 3.05) is 33.9 Å². The van der Waals surface area contributed by atoms with Gasteiger partial charge in [-0.1, -0.05) is 12.1 Å². The van der Waals surface area contributed by atoms with Crippen molar-refractivity contribution in [3.8, 4) is 11.5 Å². The van der Waals surface area contributed by atoms with E-state index in [-0.39, 0.29) is 18.4 Å². The lowest BCUT2D eigenvalue weighted by Gasteiger charge is -2.28. The first-order chi connectivity index (χ1) is 14.7. The second kappa shape index (κ2) is 9.22. The molecule has 1 saturated heterocycles. The molecular formula is C24H28N2O4. The average molecular weight is 408 g/mol. The molecule has 3 aromatic rings. The summed E-state index contributed by atoms with van der Waals surface area (Å²) in [6.07, 6.45) is 4.33. The van der Waals surface area contributed by atoms with Crippen molar-refractivity contribution in [1.29, 1.82) is 0 Å². The molecule has 1 atom stereocenters. The summed E-state index contributed by atoms with van der Waals surface area (Å²) >= 11 is 0. The maximum atomic E-state index is 12.7. The Morgan fingerprint density at radius 3 is 2.63 bits per heavy atom. The molecule has 1 aromatic heterocycles. The molecule has 158 valence electrons. The molecule has 2 aromatic carbocycles. The van der Waals surface area contributed by atoms with Gasteiger partial charge in [-0.05, 0) is 55.8 Å². The quantitative estimate of drug-likeness (QED) is 0.612. The first-order valence-electron chi connectivity index (χ1n) is 10.4. The van der Waals surface area contributed by atoms with E-state index in [1.54, 1.807) is 20.5 Å². The number of furan rings is 1. The topological polar surface area (TPSA) is 63.9 Å². The minimum atomic E-state index is -0.0133. The van der Waals surface area contributed by atoms with Gasteiger partial charge in [-0.3, -0.25) is 9.69 Å². The number of amides is 1. The summed E-state index contributed by atoms with van der Waals surface area (Å²) in [6.45, 7) is 2.66. The van der Waals surface area contributed by atoms with Crippen LogP contribution in [0.5, 0.6) is 11.5 Å². The van der Waals surface area contributed by atoms with E-state index in [1.807, 2.05) is 30.3 Å². The zero-order valence-corrected chi connectivity index (χ0v) is 17.5. The summed E-state index contributed by atoms with van der Waals surface area (Å²) < 4.78 is 16.2. The molecule has 1 N–H and O–H groups in total. The number of carbonyl (C=O) groups is 1. The van der Waals surface area contributed by atoms with Gasteiger partial charge in [0.1, 0.15) is 17.1 Å². The molecule has 4 rings (SSSR count). The Kier molecular flexibility index (Phi) is 6.23. The van der Waals surface area contributed by atoms with Crippen LogP contribution in [-0.4, -0.2) is 44.7 Å². The molecule has 0 unspecified atom stereocenters. The Labute approximate surface area is 176 Å². The van der Waals surface area contributed by atoms with Gasteiger partial charge in [-0.25, -0.2) is 0 Å². The number of rotatable bonds is 8. The van der Waals surface area contributed by atoms with Crippen LogP contribution in [0.4, 0.5) is 0 Å². The number of carbonyl (C=O) groups excluding carboxylic acids is 1. The monoisotopic (exact) mass is 408 g/mol. The number of fused-ring (bicyclic) bond motifs is 1. The number of nitrogens with zero attached hydrogens (tertiary/aromatic N) is 1. The molecule has 1 amide bonds. The van der Waals surface area contributed by atoms with Crippen LogP contribution in [0, 0.1) is 0 Å². The van der Waals surface area contributed by atoms with Crippen LogP contribution in [0.1, 0.15) is 30.0 Å². The van der Waals surface area contributed by atoms with Gasteiger partial charge in [0, 0.05) is 23.6 Å². The minimum Gasteiger partial charge on any atom is -0.497 e. The van der Waals surface area contributed by atoms with Gasteiger partial charge in [0.25, 0.3) is 0 Å². The third kappa shape index (κ3) is 4.44. The van der Waals surface area contributed by atoms with Gasteiger partial charge in [0.15, 0.2) is 0 Å². The van der Waals surface area contributed by atoms with Crippen LogP contribution in [-0.2, 0) is 11.2 Å². The molecular weight excluding hydrogens is 380 g/mol. The van der Waals surface area contributed by atoms with Crippen molar-refractivity contribution in [3.63, 3.8) is 0 Å². The van der Waals surface area contributed by atoms with Crippen LogP contribution < -0.4 is 14.8 Å². The third-order valence-electron chi connectivity index (χ3n) is 5.77. The summed E-state index contributed by atoms with van der Waals surface area (Å²) in [7, 11) is 3.30. The highest BCUT2D eigenvalue weighted by Crippen LogP contribution is 2.28. The Bertz CT molecular complexity index is 1010. The molecule has 0 radical (unpaired) electrons. The first-order valence-corrected chi connectivity index (χ1v) is 10.4. The lowest BCUT2D eigenvalue weighted by atomic mass is 10.0. The molecule has 30 heavy (non-hydrogen) atoms. The van der Waals surface area contributed by atoms with E-state index < -0.39 is 0 Å². The lowest BCUT2D eigenvalue weighted by Crippen LogP contribution is -2.37. The Morgan fingerprint density at radius 2 is 1.87 bits per heavy atom. The molecule has 6 nitrogen and oxygen atoms in total. The molecule has 6 heteroatoms. The van der Waals surface area contributed by atoms with E-state index in [1.165, 1.54) is 12.8 Å². The predicted molar refractivity (Wildman–Crippen MR) is 116 cm³/mol. The maximum Gasteiger partial charge on any atom is 0.224 e.